The van der Waals surface area contributed by atoms with Crippen molar-refractivity contribution < 1.29 is 13.2 Å². The number of benzene rings is 1. The van der Waals surface area contributed by atoms with Gasteiger partial charge >= 0.3 is 5.69 Å². The van der Waals surface area contributed by atoms with Crippen LogP contribution in [-0.4, -0.2) is 77.4 Å². The standard InChI is InChI=1S/C18H24N4O4S/c23-17(13-22-16-4-2-1-3-15(16)19-18(22)24)21-7-5-14(6-8-21)20-9-11-27(25,26)12-10-20/h1-4,14H,5-13H2,(H,19,24). The zero-order valence-electron chi connectivity index (χ0n) is 15.1. The lowest BCUT2D eigenvalue weighted by Crippen LogP contribution is -2.51. The Morgan fingerprint density at radius 1 is 1.07 bits per heavy atom. The normalized spacial score (nSPS) is 21.6. The topological polar surface area (TPSA) is 95.5 Å². The zero-order valence-corrected chi connectivity index (χ0v) is 16.0. The van der Waals surface area contributed by atoms with Gasteiger partial charge in [0.1, 0.15) is 6.54 Å². The number of aromatic nitrogens is 2. The number of hydrogen-bond donors (Lipinski definition) is 1. The maximum atomic E-state index is 12.7. The lowest BCUT2D eigenvalue weighted by molar-refractivity contribution is -0.133. The number of fused-ring (bicyclic) bond motifs is 1. The van der Waals surface area contributed by atoms with Gasteiger partial charge in [0.25, 0.3) is 0 Å². The summed E-state index contributed by atoms with van der Waals surface area (Å²) in [5, 5.41) is 0. The van der Waals surface area contributed by atoms with Gasteiger partial charge in [0, 0.05) is 32.2 Å². The maximum absolute atomic E-state index is 12.7. The Morgan fingerprint density at radius 2 is 1.74 bits per heavy atom. The van der Waals surface area contributed by atoms with Gasteiger partial charge in [0.2, 0.25) is 5.91 Å². The van der Waals surface area contributed by atoms with E-state index in [2.05, 4.69) is 9.88 Å². The molecule has 4 rings (SSSR count). The summed E-state index contributed by atoms with van der Waals surface area (Å²) in [5.41, 5.74) is 1.20. The van der Waals surface area contributed by atoms with E-state index in [1.165, 1.54) is 4.57 Å². The first kappa shape index (κ1) is 18.2. The molecule has 2 aliphatic rings. The molecular weight excluding hydrogens is 368 g/mol. The van der Waals surface area contributed by atoms with E-state index in [9.17, 15) is 18.0 Å². The molecule has 2 saturated heterocycles. The second-order valence-electron chi connectivity index (χ2n) is 7.33. The lowest BCUT2D eigenvalue weighted by atomic mass is 10.0. The summed E-state index contributed by atoms with van der Waals surface area (Å²) in [4.78, 5) is 31.7. The quantitative estimate of drug-likeness (QED) is 0.796. The molecule has 0 aliphatic carbocycles. The SMILES string of the molecule is O=C(Cn1c(=O)[nH]c2ccccc21)N1CCC(N2CCS(=O)(=O)CC2)CC1. The van der Waals surface area contributed by atoms with Gasteiger partial charge < -0.3 is 9.88 Å². The van der Waals surface area contributed by atoms with Gasteiger partial charge in [-0.3, -0.25) is 14.3 Å². The van der Waals surface area contributed by atoms with E-state index in [4.69, 9.17) is 0 Å². The van der Waals surface area contributed by atoms with Gasteiger partial charge in [-0.1, -0.05) is 12.1 Å². The van der Waals surface area contributed by atoms with E-state index in [0.717, 1.165) is 23.9 Å². The third kappa shape index (κ3) is 3.79. The average molecular weight is 392 g/mol. The number of hydrogen-bond acceptors (Lipinski definition) is 5. The van der Waals surface area contributed by atoms with E-state index in [-0.39, 0.29) is 29.6 Å². The first-order valence-electron chi connectivity index (χ1n) is 9.33. The predicted octanol–water partition coefficient (Wildman–Crippen LogP) is 0.0510. The van der Waals surface area contributed by atoms with Crippen LogP contribution in [0.1, 0.15) is 12.8 Å². The molecule has 2 aromatic rings. The van der Waals surface area contributed by atoms with E-state index < -0.39 is 9.84 Å². The molecule has 0 unspecified atom stereocenters. The van der Waals surface area contributed by atoms with Gasteiger partial charge in [-0.05, 0) is 25.0 Å². The number of nitrogens with zero attached hydrogens (tertiary/aromatic N) is 3. The summed E-state index contributed by atoms with van der Waals surface area (Å²) < 4.78 is 24.7. The number of likely N-dealkylation sites (tertiary alicyclic amines) is 1. The fraction of sp³-hybridized carbons (Fsp3) is 0.556. The van der Waals surface area contributed by atoms with Gasteiger partial charge in [0.15, 0.2) is 9.84 Å². The molecular formula is C18H24N4O4S. The van der Waals surface area contributed by atoms with Crippen molar-refractivity contribution >= 4 is 26.8 Å². The monoisotopic (exact) mass is 392 g/mol. The molecule has 2 aliphatic heterocycles. The Kier molecular flexibility index (Phi) is 4.81. The summed E-state index contributed by atoms with van der Waals surface area (Å²) in [6, 6.07) is 7.68. The van der Waals surface area contributed by atoms with Crippen molar-refractivity contribution in [2.24, 2.45) is 0 Å². The van der Waals surface area contributed by atoms with Crippen LogP contribution >= 0.6 is 0 Å². The highest BCUT2D eigenvalue weighted by atomic mass is 32.2. The van der Waals surface area contributed by atoms with Crippen LogP contribution in [0.25, 0.3) is 11.0 Å². The van der Waals surface area contributed by atoms with Crippen molar-refractivity contribution in [1.29, 1.82) is 0 Å². The third-order valence-electron chi connectivity index (χ3n) is 5.69. The number of rotatable bonds is 3. The predicted molar refractivity (Wildman–Crippen MR) is 102 cm³/mol. The fourth-order valence-electron chi connectivity index (χ4n) is 4.07. The van der Waals surface area contributed by atoms with Gasteiger partial charge in [0.05, 0.1) is 22.5 Å². The first-order chi connectivity index (χ1) is 12.9. The molecule has 27 heavy (non-hydrogen) atoms. The second-order valence-corrected chi connectivity index (χ2v) is 9.64. The van der Waals surface area contributed by atoms with Gasteiger partial charge in [-0.25, -0.2) is 13.2 Å². The molecule has 1 aromatic heterocycles. The van der Waals surface area contributed by atoms with E-state index in [0.29, 0.717) is 32.2 Å². The Balaban J connectivity index is 1.36. The molecule has 0 saturated carbocycles. The highest BCUT2D eigenvalue weighted by Gasteiger charge is 2.31. The van der Waals surface area contributed by atoms with E-state index >= 15 is 0 Å². The molecule has 1 amide bonds. The lowest BCUT2D eigenvalue weighted by Gasteiger charge is -2.40. The third-order valence-corrected chi connectivity index (χ3v) is 7.30. The summed E-state index contributed by atoms with van der Waals surface area (Å²) in [6.45, 7) is 2.50. The molecule has 0 radical (unpaired) electrons. The second kappa shape index (κ2) is 7.12. The number of imidazole rings is 1. The Bertz CT molecular complexity index is 988. The highest BCUT2D eigenvalue weighted by molar-refractivity contribution is 7.91. The minimum Gasteiger partial charge on any atom is -0.341 e. The van der Waals surface area contributed by atoms with Crippen LogP contribution in [0, 0.1) is 0 Å². The van der Waals surface area contributed by atoms with Gasteiger partial charge in [-0.2, -0.15) is 0 Å². The van der Waals surface area contributed by atoms with Crippen LogP contribution in [0.4, 0.5) is 0 Å². The number of para-hydroxylation sites is 2. The van der Waals surface area contributed by atoms with Crippen molar-refractivity contribution in [2.75, 3.05) is 37.7 Å². The van der Waals surface area contributed by atoms with Crippen molar-refractivity contribution in [3.63, 3.8) is 0 Å². The number of sulfone groups is 1. The van der Waals surface area contributed by atoms with Crippen LogP contribution in [0.15, 0.2) is 29.1 Å². The largest absolute Gasteiger partial charge is 0.341 e. The molecule has 1 aromatic carbocycles. The molecule has 9 heteroatoms. The van der Waals surface area contributed by atoms with E-state index in [1.807, 2.05) is 29.2 Å². The van der Waals surface area contributed by atoms with Crippen LogP contribution < -0.4 is 5.69 Å². The zero-order chi connectivity index (χ0) is 19.0. The number of carbonyl (C=O) groups excluding carboxylic acids is 1. The Morgan fingerprint density at radius 3 is 2.44 bits per heavy atom. The minimum absolute atomic E-state index is 0.0372. The molecule has 3 heterocycles. The number of piperidine rings is 1. The maximum Gasteiger partial charge on any atom is 0.326 e. The van der Waals surface area contributed by atoms with Crippen LogP contribution in [0.3, 0.4) is 0 Å². The Hall–Kier alpha value is -2.13. The summed E-state index contributed by atoms with van der Waals surface area (Å²) in [6.07, 6.45) is 1.68. The molecule has 0 bridgehead atoms. The highest BCUT2D eigenvalue weighted by Crippen LogP contribution is 2.19. The fourth-order valence-corrected chi connectivity index (χ4v) is 5.30. The summed E-state index contributed by atoms with van der Waals surface area (Å²) in [5.74, 6) is 0.409. The molecule has 1 N–H and O–H groups in total. The minimum atomic E-state index is -2.87. The van der Waals surface area contributed by atoms with Gasteiger partial charge in [-0.15, -0.1) is 0 Å². The van der Waals surface area contributed by atoms with Crippen molar-refractivity contribution in [2.45, 2.75) is 25.4 Å². The first-order valence-corrected chi connectivity index (χ1v) is 11.1. The molecule has 0 atom stereocenters. The van der Waals surface area contributed by atoms with Crippen molar-refractivity contribution in [3.05, 3.63) is 34.7 Å². The van der Waals surface area contributed by atoms with Crippen LogP contribution in [0.2, 0.25) is 0 Å². The smallest absolute Gasteiger partial charge is 0.326 e. The Labute approximate surface area is 157 Å². The number of H-pyrrole nitrogens is 1. The number of carbonyl (C=O) groups is 1. The summed E-state index contributed by atoms with van der Waals surface area (Å²) in [7, 11) is -2.87. The number of nitrogens with one attached hydrogen (secondary N) is 1. The summed E-state index contributed by atoms with van der Waals surface area (Å²) >= 11 is 0. The van der Waals surface area contributed by atoms with Crippen LogP contribution in [0.5, 0.6) is 0 Å². The van der Waals surface area contributed by atoms with E-state index in [1.54, 1.807) is 0 Å². The van der Waals surface area contributed by atoms with Crippen LogP contribution in [-0.2, 0) is 21.2 Å². The number of aromatic amines is 1. The van der Waals surface area contributed by atoms with Crippen molar-refractivity contribution in [3.8, 4) is 0 Å². The van der Waals surface area contributed by atoms with Crippen molar-refractivity contribution in [1.82, 2.24) is 19.4 Å². The molecule has 0 spiro atoms. The molecule has 146 valence electrons. The molecule has 2 fully saturated rings. The number of amides is 1. The average Bonchev–Trinajstić information content (AvgIpc) is 2.97. The molecule has 8 nitrogen and oxygen atoms in total.